The maximum absolute atomic E-state index is 11.1. The molecule has 0 aliphatic heterocycles. The summed E-state index contributed by atoms with van der Waals surface area (Å²) in [6.45, 7) is 0.0238. The molecule has 94 valence electrons. The van der Waals surface area contributed by atoms with Crippen LogP contribution in [0.25, 0.3) is 0 Å². The van der Waals surface area contributed by atoms with Crippen molar-refractivity contribution in [2.45, 2.75) is 6.42 Å². The molecular formula is C12H12N2O3S. The van der Waals surface area contributed by atoms with Gasteiger partial charge in [-0.15, -0.1) is 0 Å². The number of primary amides is 1. The van der Waals surface area contributed by atoms with Gasteiger partial charge >= 0.3 is 0 Å². The number of benzene rings is 1. The first-order chi connectivity index (χ1) is 8.59. The van der Waals surface area contributed by atoms with Crippen LogP contribution in [-0.4, -0.2) is 25.7 Å². The van der Waals surface area contributed by atoms with Crippen LogP contribution in [0.4, 0.5) is 5.69 Å². The topological polar surface area (TPSA) is 89.3 Å². The molecule has 1 amide bonds. The molecule has 18 heavy (non-hydrogen) atoms. The van der Waals surface area contributed by atoms with Crippen molar-refractivity contribution < 1.29 is 13.2 Å². The van der Waals surface area contributed by atoms with Gasteiger partial charge in [0.25, 0.3) is 0 Å². The van der Waals surface area contributed by atoms with Gasteiger partial charge in [-0.3, -0.25) is 4.79 Å². The summed E-state index contributed by atoms with van der Waals surface area (Å²) in [5, 5.41) is 2.91. The van der Waals surface area contributed by atoms with Crippen molar-refractivity contribution in [2.75, 3.05) is 11.9 Å². The molecule has 1 aromatic rings. The van der Waals surface area contributed by atoms with Gasteiger partial charge in [-0.2, -0.15) is 8.42 Å². The van der Waals surface area contributed by atoms with E-state index in [2.05, 4.69) is 5.32 Å². The molecule has 0 aromatic heterocycles. The van der Waals surface area contributed by atoms with E-state index in [1.54, 1.807) is 30.4 Å². The molecule has 6 heteroatoms. The van der Waals surface area contributed by atoms with E-state index >= 15 is 0 Å². The maximum atomic E-state index is 11.1. The highest BCUT2D eigenvalue weighted by Crippen LogP contribution is 2.24. The Hall–Kier alpha value is -2.08. The highest BCUT2D eigenvalue weighted by Gasteiger charge is 2.15. The highest BCUT2D eigenvalue weighted by molar-refractivity contribution is 7.73. The number of hydrogen-bond donors (Lipinski definition) is 2. The third-order valence-corrected chi connectivity index (χ3v) is 3.38. The smallest absolute Gasteiger partial charge is 0.236 e. The van der Waals surface area contributed by atoms with Gasteiger partial charge in [-0.05, 0) is 24.1 Å². The molecule has 0 saturated carbocycles. The third-order valence-electron chi connectivity index (χ3n) is 2.67. The van der Waals surface area contributed by atoms with Crippen LogP contribution in [0.2, 0.25) is 0 Å². The average molecular weight is 264 g/mol. The minimum absolute atomic E-state index is 0.0238. The lowest BCUT2D eigenvalue weighted by Gasteiger charge is -2.16. The molecule has 0 atom stereocenters. The van der Waals surface area contributed by atoms with Crippen LogP contribution in [0.1, 0.15) is 11.1 Å². The lowest BCUT2D eigenvalue weighted by atomic mass is 9.95. The molecule has 0 fully saturated rings. The molecule has 0 unspecified atom stereocenters. The maximum Gasteiger partial charge on any atom is 0.236 e. The minimum Gasteiger partial charge on any atom is -0.376 e. The van der Waals surface area contributed by atoms with E-state index in [0.717, 1.165) is 11.3 Å². The predicted octanol–water partition coefficient (Wildman–Crippen LogP) is 0.0957. The molecule has 0 radical (unpaired) electrons. The molecule has 0 bridgehead atoms. The van der Waals surface area contributed by atoms with E-state index in [9.17, 15) is 13.2 Å². The Balaban J connectivity index is 2.47. The van der Waals surface area contributed by atoms with Gasteiger partial charge in [0, 0.05) is 11.3 Å². The summed E-state index contributed by atoms with van der Waals surface area (Å²) in [5.74, 6) is -0.462. The van der Waals surface area contributed by atoms with Crippen LogP contribution in [0.5, 0.6) is 0 Å². The number of anilines is 1. The van der Waals surface area contributed by atoms with Crippen molar-refractivity contribution in [2.24, 2.45) is 5.73 Å². The van der Waals surface area contributed by atoms with Crippen molar-refractivity contribution in [1.29, 1.82) is 0 Å². The van der Waals surface area contributed by atoms with E-state index in [-0.39, 0.29) is 11.4 Å². The first-order valence-corrected chi connectivity index (χ1v) is 6.44. The lowest BCUT2D eigenvalue weighted by molar-refractivity contribution is -0.116. The van der Waals surface area contributed by atoms with E-state index < -0.39 is 16.2 Å². The zero-order valence-corrected chi connectivity index (χ0v) is 10.3. The minimum atomic E-state index is -2.27. The van der Waals surface area contributed by atoms with E-state index in [1.165, 1.54) is 0 Å². The van der Waals surface area contributed by atoms with Gasteiger partial charge in [0.2, 0.25) is 16.2 Å². The summed E-state index contributed by atoms with van der Waals surface area (Å²) in [4.78, 5) is 11.0. The van der Waals surface area contributed by atoms with Crippen molar-refractivity contribution in [1.82, 2.24) is 0 Å². The Bertz CT molecular complexity index is 652. The summed E-state index contributed by atoms with van der Waals surface area (Å²) < 4.78 is 22.2. The molecular weight excluding hydrogens is 252 g/mol. The zero-order chi connectivity index (χ0) is 13.1. The number of carbonyl (C=O) groups excluding carboxylic acids is 1. The largest absolute Gasteiger partial charge is 0.376 e. The van der Waals surface area contributed by atoms with E-state index in [0.29, 0.717) is 12.0 Å². The van der Waals surface area contributed by atoms with Crippen molar-refractivity contribution in [3.8, 4) is 0 Å². The van der Waals surface area contributed by atoms with Crippen LogP contribution in [0.3, 0.4) is 0 Å². The van der Waals surface area contributed by atoms with Crippen LogP contribution < -0.4 is 11.1 Å². The summed E-state index contributed by atoms with van der Waals surface area (Å²) in [5.41, 5.74) is 7.34. The average Bonchev–Trinajstić information content (AvgIpc) is 2.35. The van der Waals surface area contributed by atoms with Gasteiger partial charge in [0.1, 0.15) is 4.86 Å². The Labute approximate surface area is 106 Å². The van der Waals surface area contributed by atoms with Gasteiger partial charge in [-0.1, -0.05) is 18.2 Å². The summed E-state index contributed by atoms with van der Waals surface area (Å²) >= 11 is 0. The quantitative estimate of drug-likeness (QED) is 0.757. The number of allylic oxidation sites excluding steroid dienone is 2. The molecule has 2 rings (SSSR count). The first kappa shape index (κ1) is 12.4. The molecule has 0 spiro atoms. The SMILES string of the molecule is NC(=O)CNc1cccc2c1CC=CC2=S(=O)=O. The van der Waals surface area contributed by atoms with Gasteiger partial charge in [0.05, 0.1) is 6.54 Å². The molecule has 1 aliphatic carbocycles. The second-order valence-corrected chi connectivity index (χ2v) is 4.77. The van der Waals surface area contributed by atoms with Crippen molar-refractivity contribution >= 4 is 26.8 Å². The van der Waals surface area contributed by atoms with Crippen LogP contribution >= 0.6 is 0 Å². The van der Waals surface area contributed by atoms with Crippen molar-refractivity contribution in [3.05, 3.63) is 41.5 Å². The molecule has 1 aliphatic rings. The number of fused-ring (bicyclic) bond motifs is 1. The van der Waals surface area contributed by atoms with Gasteiger partial charge < -0.3 is 11.1 Å². The Kier molecular flexibility index (Phi) is 3.47. The van der Waals surface area contributed by atoms with E-state index in [4.69, 9.17) is 5.73 Å². The third kappa shape index (κ3) is 2.43. The normalized spacial score (nSPS) is 13.0. The number of nitrogens with two attached hydrogens (primary N) is 1. The van der Waals surface area contributed by atoms with Crippen LogP contribution in [0, 0.1) is 0 Å². The van der Waals surface area contributed by atoms with E-state index in [1.807, 2.05) is 0 Å². The Morgan fingerprint density at radius 3 is 2.83 bits per heavy atom. The lowest BCUT2D eigenvalue weighted by Crippen LogP contribution is -2.23. The first-order valence-electron chi connectivity index (χ1n) is 5.37. The summed E-state index contributed by atoms with van der Waals surface area (Å²) in [6.07, 6.45) is 3.99. The fraction of sp³-hybridized carbons (Fsp3) is 0.167. The number of hydrogen-bond acceptors (Lipinski definition) is 4. The number of amides is 1. The van der Waals surface area contributed by atoms with Gasteiger partial charge in [0.15, 0.2) is 0 Å². The van der Waals surface area contributed by atoms with Crippen LogP contribution in [0.15, 0.2) is 30.4 Å². The predicted molar refractivity (Wildman–Crippen MR) is 70.0 cm³/mol. The van der Waals surface area contributed by atoms with Crippen molar-refractivity contribution in [3.63, 3.8) is 0 Å². The van der Waals surface area contributed by atoms with Gasteiger partial charge in [-0.25, -0.2) is 0 Å². The molecule has 0 saturated heterocycles. The zero-order valence-electron chi connectivity index (χ0n) is 9.51. The molecule has 1 aromatic carbocycles. The van der Waals surface area contributed by atoms with Crippen LogP contribution in [-0.2, 0) is 21.5 Å². The number of rotatable bonds is 3. The molecule has 5 nitrogen and oxygen atoms in total. The fourth-order valence-electron chi connectivity index (χ4n) is 1.90. The second kappa shape index (κ2) is 5.05. The number of carbonyl (C=O) groups is 1. The highest BCUT2D eigenvalue weighted by atomic mass is 32.2. The Morgan fingerprint density at radius 1 is 1.39 bits per heavy atom. The standard InChI is InChI=1S/C12H12N2O3S/c13-12(15)7-14-10-5-1-4-9-8(10)3-2-6-11(9)18(16)17/h1-2,4-6,14H,3,7H2,(H2,13,15). The Morgan fingerprint density at radius 2 is 2.17 bits per heavy atom. The molecule has 0 heterocycles. The fourth-order valence-corrected chi connectivity index (χ4v) is 2.48. The number of nitrogens with one attached hydrogen (secondary N) is 1. The second-order valence-electron chi connectivity index (χ2n) is 3.86. The monoisotopic (exact) mass is 264 g/mol. The molecule has 3 N–H and O–H groups in total. The summed E-state index contributed by atoms with van der Waals surface area (Å²) in [6, 6.07) is 5.29. The summed E-state index contributed by atoms with van der Waals surface area (Å²) in [7, 11) is -2.27.